The first-order chi connectivity index (χ1) is 7.24. The largest absolute Gasteiger partial charge is 0.300 e. The van der Waals surface area contributed by atoms with E-state index in [-0.39, 0.29) is 5.54 Å². The van der Waals surface area contributed by atoms with Gasteiger partial charge < -0.3 is 0 Å². The Morgan fingerprint density at radius 2 is 1.67 bits per heavy atom. The van der Waals surface area contributed by atoms with Crippen LogP contribution in [0.3, 0.4) is 0 Å². The first-order valence-electron chi connectivity index (χ1n) is 6.41. The summed E-state index contributed by atoms with van der Waals surface area (Å²) in [5.41, 5.74) is 0.443. The van der Waals surface area contributed by atoms with Gasteiger partial charge in [-0.3, -0.25) is 5.32 Å². The molecule has 0 aliphatic heterocycles. The molecule has 0 amide bonds. The number of nitriles is 1. The zero-order valence-corrected chi connectivity index (χ0v) is 9.81. The highest BCUT2D eigenvalue weighted by atomic mass is 15.0. The lowest BCUT2D eigenvalue weighted by molar-refractivity contribution is 0.141. The minimum Gasteiger partial charge on any atom is -0.300 e. The van der Waals surface area contributed by atoms with E-state index < -0.39 is 0 Å². The maximum Gasteiger partial charge on any atom is 0.106 e. The van der Waals surface area contributed by atoms with Crippen molar-refractivity contribution in [3.05, 3.63) is 0 Å². The fourth-order valence-electron chi connectivity index (χ4n) is 3.50. The van der Waals surface area contributed by atoms with E-state index in [9.17, 15) is 5.26 Å². The molecule has 0 aromatic rings. The summed E-state index contributed by atoms with van der Waals surface area (Å²) in [6, 6.07) is 2.51. The fraction of sp³-hybridized carbons (Fsp3) is 0.923. The van der Waals surface area contributed by atoms with Gasteiger partial charge in [-0.1, -0.05) is 19.8 Å². The molecule has 0 aromatic heterocycles. The van der Waals surface area contributed by atoms with Gasteiger partial charge in [0.15, 0.2) is 0 Å². The average molecular weight is 206 g/mol. The average Bonchev–Trinajstić information content (AvgIpc) is 2.72. The molecule has 2 rings (SSSR count). The Hall–Kier alpha value is -0.550. The summed E-state index contributed by atoms with van der Waals surface area (Å²) in [6.07, 6.45) is 10.3. The molecular weight excluding hydrogens is 184 g/mol. The number of rotatable bonds is 2. The van der Waals surface area contributed by atoms with Crippen LogP contribution in [-0.4, -0.2) is 12.1 Å². The Morgan fingerprint density at radius 1 is 1.07 bits per heavy atom. The van der Waals surface area contributed by atoms with Crippen molar-refractivity contribution >= 4 is 0 Å². The quantitative estimate of drug-likeness (QED) is 0.754. The fourth-order valence-corrected chi connectivity index (χ4v) is 3.50. The molecule has 2 aliphatic rings. The summed E-state index contributed by atoms with van der Waals surface area (Å²) in [7, 11) is 0. The molecule has 0 bridgehead atoms. The Balaban J connectivity index is 1.98. The first kappa shape index (κ1) is 11.0. The van der Waals surface area contributed by atoms with Gasteiger partial charge in [0.05, 0.1) is 6.07 Å². The molecule has 0 aromatic carbocycles. The monoisotopic (exact) mass is 206 g/mol. The van der Waals surface area contributed by atoms with E-state index in [0.29, 0.717) is 5.41 Å². The number of nitrogens with zero attached hydrogens (tertiary/aromatic N) is 1. The van der Waals surface area contributed by atoms with Crippen LogP contribution in [0.1, 0.15) is 58.3 Å². The van der Waals surface area contributed by atoms with E-state index in [1.807, 2.05) is 0 Å². The zero-order chi connectivity index (χ0) is 10.8. The molecule has 15 heavy (non-hydrogen) atoms. The molecule has 0 radical (unpaired) electrons. The van der Waals surface area contributed by atoms with Crippen LogP contribution in [0, 0.1) is 16.7 Å². The second-order valence-electron chi connectivity index (χ2n) is 5.43. The highest BCUT2D eigenvalue weighted by molar-refractivity contribution is 5.11. The highest BCUT2D eigenvalue weighted by Crippen LogP contribution is 2.50. The van der Waals surface area contributed by atoms with Crippen molar-refractivity contribution in [1.29, 1.82) is 5.26 Å². The van der Waals surface area contributed by atoms with Gasteiger partial charge in [0.2, 0.25) is 0 Å². The van der Waals surface area contributed by atoms with Crippen LogP contribution in [0.2, 0.25) is 0 Å². The number of nitrogens with one attached hydrogen (secondary N) is 1. The Bertz CT molecular complexity index is 248. The van der Waals surface area contributed by atoms with E-state index in [1.54, 1.807) is 0 Å². The third-order valence-corrected chi connectivity index (χ3v) is 4.56. The van der Waals surface area contributed by atoms with E-state index in [0.717, 1.165) is 19.4 Å². The van der Waals surface area contributed by atoms with Crippen LogP contribution in [0.4, 0.5) is 0 Å². The predicted molar refractivity (Wildman–Crippen MR) is 61.4 cm³/mol. The van der Waals surface area contributed by atoms with E-state index >= 15 is 0 Å². The van der Waals surface area contributed by atoms with Crippen LogP contribution in [0.15, 0.2) is 0 Å². The second kappa shape index (κ2) is 4.14. The number of hydrogen-bond acceptors (Lipinski definition) is 2. The minimum atomic E-state index is -0.192. The van der Waals surface area contributed by atoms with Crippen molar-refractivity contribution < 1.29 is 0 Å². The molecule has 84 valence electrons. The van der Waals surface area contributed by atoms with Crippen LogP contribution >= 0.6 is 0 Å². The Kier molecular flexibility index (Phi) is 3.02. The molecule has 0 atom stereocenters. The van der Waals surface area contributed by atoms with Crippen molar-refractivity contribution in [3.8, 4) is 6.07 Å². The molecule has 2 heteroatoms. The zero-order valence-electron chi connectivity index (χ0n) is 9.81. The molecular formula is C13H22N2. The van der Waals surface area contributed by atoms with Gasteiger partial charge in [-0.2, -0.15) is 5.26 Å². The molecule has 1 spiro atoms. The summed E-state index contributed by atoms with van der Waals surface area (Å²) >= 11 is 0. The summed E-state index contributed by atoms with van der Waals surface area (Å²) in [5, 5.41) is 12.7. The third kappa shape index (κ3) is 2.03. The van der Waals surface area contributed by atoms with E-state index in [1.165, 1.54) is 38.5 Å². The van der Waals surface area contributed by atoms with E-state index in [2.05, 4.69) is 18.3 Å². The molecule has 2 fully saturated rings. The maximum atomic E-state index is 9.29. The van der Waals surface area contributed by atoms with Gasteiger partial charge in [-0.05, 0) is 50.5 Å². The third-order valence-electron chi connectivity index (χ3n) is 4.56. The normalized spacial score (nSPS) is 27.7. The summed E-state index contributed by atoms with van der Waals surface area (Å²) in [5.74, 6) is 0. The van der Waals surface area contributed by atoms with Crippen LogP contribution in [-0.2, 0) is 0 Å². The summed E-state index contributed by atoms with van der Waals surface area (Å²) in [4.78, 5) is 0. The minimum absolute atomic E-state index is 0.192. The molecule has 0 unspecified atom stereocenters. The Labute approximate surface area is 93.0 Å². The molecule has 0 heterocycles. The highest BCUT2D eigenvalue weighted by Gasteiger charge is 2.43. The predicted octanol–water partition coefficient (Wildman–Crippen LogP) is 2.99. The Morgan fingerprint density at radius 3 is 2.13 bits per heavy atom. The van der Waals surface area contributed by atoms with Gasteiger partial charge in [0, 0.05) is 0 Å². The summed E-state index contributed by atoms with van der Waals surface area (Å²) in [6.45, 7) is 3.01. The lowest BCUT2D eigenvalue weighted by Crippen LogP contribution is -2.48. The SMILES string of the molecule is CCNC1(C#N)CCC2(CCCC2)CC1. The van der Waals surface area contributed by atoms with Crippen LogP contribution < -0.4 is 5.32 Å². The topological polar surface area (TPSA) is 35.8 Å². The van der Waals surface area contributed by atoms with Crippen LogP contribution in [0.5, 0.6) is 0 Å². The van der Waals surface area contributed by atoms with Gasteiger partial charge in [-0.25, -0.2) is 0 Å². The maximum absolute atomic E-state index is 9.29. The van der Waals surface area contributed by atoms with Crippen molar-refractivity contribution in [2.45, 2.75) is 63.8 Å². The second-order valence-corrected chi connectivity index (χ2v) is 5.43. The van der Waals surface area contributed by atoms with Gasteiger partial charge >= 0.3 is 0 Å². The van der Waals surface area contributed by atoms with Crippen molar-refractivity contribution in [2.24, 2.45) is 5.41 Å². The molecule has 0 saturated heterocycles. The van der Waals surface area contributed by atoms with Crippen LogP contribution in [0.25, 0.3) is 0 Å². The smallest absolute Gasteiger partial charge is 0.106 e. The van der Waals surface area contributed by atoms with Crippen molar-refractivity contribution in [2.75, 3.05) is 6.54 Å². The van der Waals surface area contributed by atoms with E-state index in [4.69, 9.17) is 0 Å². The van der Waals surface area contributed by atoms with Crippen molar-refractivity contribution in [1.82, 2.24) is 5.32 Å². The lowest BCUT2D eigenvalue weighted by atomic mass is 9.67. The van der Waals surface area contributed by atoms with Gasteiger partial charge in [-0.15, -0.1) is 0 Å². The first-order valence-corrected chi connectivity index (χ1v) is 6.41. The molecule has 2 nitrogen and oxygen atoms in total. The standard InChI is InChI=1S/C13H22N2/c1-2-15-13(11-14)9-7-12(8-10-13)5-3-4-6-12/h15H,2-10H2,1H3. The molecule has 2 aliphatic carbocycles. The lowest BCUT2D eigenvalue weighted by Gasteiger charge is -2.41. The summed E-state index contributed by atoms with van der Waals surface area (Å²) < 4.78 is 0. The number of hydrogen-bond donors (Lipinski definition) is 1. The van der Waals surface area contributed by atoms with Crippen molar-refractivity contribution in [3.63, 3.8) is 0 Å². The molecule has 1 N–H and O–H groups in total. The van der Waals surface area contributed by atoms with Gasteiger partial charge in [0.25, 0.3) is 0 Å². The molecule has 2 saturated carbocycles. The van der Waals surface area contributed by atoms with Gasteiger partial charge in [0.1, 0.15) is 5.54 Å².